The maximum Gasteiger partial charge on any atom is 0.231 e. The average Bonchev–Trinajstić information content (AvgIpc) is 3.55. The number of hydrogen-bond donors (Lipinski definition) is 0. The van der Waals surface area contributed by atoms with Gasteiger partial charge >= 0.3 is 0 Å². The number of rotatable bonds is 6. The molecule has 2 aliphatic rings. The van der Waals surface area contributed by atoms with Crippen LogP contribution in [-0.4, -0.2) is 49.9 Å². The molecule has 2 unspecified atom stereocenters. The largest absolute Gasteiger partial charge is 0.338 e. The number of hydrogen-bond acceptors (Lipinski definition) is 5. The van der Waals surface area contributed by atoms with E-state index in [1.165, 1.54) is 4.88 Å². The van der Waals surface area contributed by atoms with E-state index in [0.717, 1.165) is 43.9 Å². The van der Waals surface area contributed by atoms with E-state index in [1.807, 2.05) is 23.4 Å². The van der Waals surface area contributed by atoms with Gasteiger partial charge in [0.05, 0.1) is 17.4 Å². The van der Waals surface area contributed by atoms with Gasteiger partial charge in [-0.15, -0.1) is 11.3 Å². The Labute approximate surface area is 187 Å². The number of imidazole rings is 1. The van der Waals surface area contributed by atoms with Gasteiger partial charge in [0.2, 0.25) is 5.91 Å². The van der Waals surface area contributed by atoms with Crippen molar-refractivity contribution in [3.05, 3.63) is 70.7 Å². The first-order chi connectivity index (χ1) is 15.0. The predicted octanol–water partition coefficient (Wildman–Crippen LogP) is 3.94. The summed E-state index contributed by atoms with van der Waals surface area (Å²) in [6.45, 7) is 8.36. The maximum atomic E-state index is 13.9. The van der Waals surface area contributed by atoms with Gasteiger partial charge in [0.25, 0.3) is 0 Å². The van der Waals surface area contributed by atoms with Crippen molar-refractivity contribution >= 4 is 17.2 Å². The fraction of sp³-hybridized carbons (Fsp3) is 0.458. The fourth-order valence-electron chi connectivity index (χ4n) is 5.13. The summed E-state index contributed by atoms with van der Waals surface area (Å²) in [6, 6.07) is 8.65. The van der Waals surface area contributed by atoms with Crippen molar-refractivity contribution in [2.24, 2.45) is 5.41 Å². The van der Waals surface area contributed by atoms with Crippen molar-refractivity contribution < 1.29 is 4.79 Å². The van der Waals surface area contributed by atoms with E-state index < -0.39 is 0 Å². The lowest BCUT2D eigenvalue weighted by atomic mass is 9.75. The summed E-state index contributed by atoms with van der Waals surface area (Å²) in [5.74, 6) is 0.407. The number of carbonyl (C=O) groups excluding carboxylic acids is 1. The first-order valence-corrected chi connectivity index (χ1v) is 11.9. The zero-order valence-electron chi connectivity index (χ0n) is 18.1. The number of pyridine rings is 1. The van der Waals surface area contributed by atoms with Gasteiger partial charge in [-0.3, -0.25) is 14.7 Å². The third kappa shape index (κ3) is 3.81. The normalized spacial score (nSPS) is 24.2. The number of aromatic nitrogens is 3. The number of thiophene rings is 1. The molecule has 2 atom stereocenters. The molecular formula is C24H29N5OS. The summed E-state index contributed by atoms with van der Waals surface area (Å²) in [5.41, 5.74) is 1.80. The van der Waals surface area contributed by atoms with Gasteiger partial charge in [0.15, 0.2) is 0 Å². The lowest BCUT2D eigenvalue weighted by Gasteiger charge is -2.28. The van der Waals surface area contributed by atoms with Gasteiger partial charge < -0.3 is 9.47 Å². The van der Waals surface area contributed by atoms with E-state index in [1.54, 1.807) is 23.7 Å². The van der Waals surface area contributed by atoms with Crippen LogP contribution in [0.5, 0.6) is 0 Å². The van der Waals surface area contributed by atoms with Gasteiger partial charge in [-0.25, -0.2) is 4.98 Å². The van der Waals surface area contributed by atoms with Gasteiger partial charge in [-0.1, -0.05) is 6.07 Å². The Hall–Kier alpha value is -2.51. The average molecular weight is 436 g/mol. The van der Waals surface area contributed by atoms with Gasteiger partial charge in [-0.2, -0.15) is 0 Å². The van der Waals surface area contributed by atoms with Crippen molar-refractivity contribution in [1.82, 2.24) is 24.3 Å². The van der Waals surface area contributed by atoms with Crippen LogP contribution in [0.3, 0.4) is 0 Å². The molecule has 5 rings (SSSR count). The van der Waals surface area contributed by atoms with Crippen LogP contribution in [0.1, 0.15) is 48.4 Å². The standard InChI is InChI=1S/C24H29N5OS/c1-18(2)29-15-22(26-17-29)21-14-27(13-20-4-3-11-31-20)16-24(21)7-10-28(23(24)30)12-19-5-8-25-9-6-19/h3-6,8-9,11,15,17-18,21H,7,10,12-14,16H2,1-2H3. The molecule has 0 radical (unpaired) electrons. The molecule has 0 bridgehead atoms. The zero-order valence-corrected chi connectivity index (χ0v) is 19.0. The molecule has 0 aliphatic carbocycles. The van der Waals surface area contributed by atoms with Crippen molar-refractivity contribution in [1.29, 1.82) is 0 Å². The Morgan fingerprint density at radius 1 is 1.23 bits per heavy atom. The molecule has 0 saturated carbocycles. The second-order valence-electron chi connectivity index (χ2n) is 9.13. The molecule has 1 amide bonds. The summed E-state index contributed by atoms with van der Waals surface area (Å²) in [7, 11) is 0. The third-order valence-electron chi connectivity index (χ3n) is 6.81. The van der Waals surface area contributed by atoms with Crippen molar-refractivity contribution in [3.63, 3.8) is 0 Å². The summed E-state index contributed by atoms with van der Waals surface area (Å²) in [6.07, 6.45) is 8.56. The topological polar surface area (TPSA) is 54.3 Å². The molecule has 7 heteroatoms. The predicted molar refractivity (Wildman–Crippen MR) is 122 cm³/mol. The Morgan fingerprint density at radius 3 is 2.77 bits per heavy atom. The molecule has 6 nitrogen and oxygen atoms in total. The smallest absolute Gasteiger partial charge is 0.231 e. The van der Waals surface area contributed by atoms with Gasteiger partial charge in [0, 0.05) is 68.2 Å². The molecule has 3 aromatic heterocycles. The van der Waals surface area contributed by atoms with Crippen LogP contribution >= 0.6 is 11.3 Å². The van der Waals surface area contributed by atoms with E-state index in [2.05, 4.69) is 52.0 Å². The Bertz CT molecular complexity index is 1030. The van der Waals surface area contributed by atoms with Gasteiger partial charge in [0.1, 0.15) is 0 Å². The van der Waals surface area contributed by atoms with Gasteiger partial charge in [-0.05, 0) is 49.4 Å². The van der Waals surface area contributed by atoms with E-state index in [0.29, 0.717) is 12.6 Å². The number of nitrogens with zero attached hydrogens (tertiary/aromatic N) is 5. The lowest BCUT2D eigenvalue weighted by Crippen LogP contribution is -2.39. The summed E-state index contributed by atoms with van der Waals surface area (Å²) in [4.78, 5) is 28.6. The second kappa shape index (κ2) is 8.20. The highest BCUT2D eigenvalue weighted by atomic mass is 32.1. The molecule has 2 fully saturated rings. The Kier molecular flexibility index (Phi) is 5.40. The molecule has 5 heterocycles. The quantitative estimate of drug-likeness (QED) is 0.589. The maximum absolute atomic E-state index is 13.9. The van der Waals surface area contributed by atoms with E-state index >= 15 is 0 Å². The molecule has 31 heavy (non-hydrogen) atoms. The van der Waals surface area contributed by atoms with E-state index in [4.69, 9.17) is 4.98 Å². The van der Waals surface area contributed by atoms with Crippen molar-refractivity contribution in [3.8, 4) is 0 Å². The first-order valence-electron chi connectivity index (χ1n) is 11.0. The highest BCUT2D eigenvalue weighted by molar-refractivity contribution is 7.09. The van der Waals surface area contributed by atoms with Crippen LogP contribution in [0.25, 0.3) is 0 Å². The Balaban J connectivity index is 1.43. The van der Waals surface area contributed by atoms with Crippen LogP contribution in [-0.2, 0) is 17.9 Å². The number of likely N-dealkylation sites (tertiary alicyclic amines) is 2. The molecule has 1 spiro atoms. The summed E-state index contributed by atoms with van der Waals surface area (Å²) in [5, 5.41) is 2.13. The molecule has 162 valence electrons. The van der Waals surface area contributed by atoms with Crippen LogP contribution in [0.15, 0.2) is 54.6 Å². The highest BCUT2D eigenvalue weighted by Gasteiger charge is 2.57. The SMILES string of the molecule is CC(C)n1cnc(C2CN(Cc3cccs3)CC23CCN(Cc2ccncc2)C3=O)c1. The zero-order chi connectivity index (χ0) is 21.4. The van der Waals surface area contributed by atoms with Crippen LogP contribution in [0, 0.1) is 5.41 Å². The monoisotopic (exact) mass is 435 g/mol. The van der Waals surface area contributed by atoms with E-state index in [9.17, 15) is 4.79 Å². The minimum absolute atomic E-state index is 0.127. The third-order valence-corrected chi connectivity index (χ3v) is 7.67. The minimum Gasteiger partial charge on any atom is -0.338 e. The van der Waals surface area contributed by atoms with Crippen LogP contribution < -0.4 is 0 Å². The Morgan fingerprint density at radius 2 is 2.06 bits per heavy atom. The molecule has 3 aromatic rings. The fourth-order valence-corrected chi connectivity index (χ4v) is 5.88. The summed E-state index contributed by atoms with van der Waals surface area (Å²) < 4.78 is 2.15. The molecule has 2 aliphatic heterocycles. The van der Waals surface area contributed by atoms with Crippen molar-refractivity contribution in [2.75, 3.05) is 19.6 Å². The minimum atomic E-state index is -0.388. The lowest BCUT2D eigenvalue weighted by molar-refractivity contribution is -0.136. The van der Waals surface area contributed by atoms with Crippen LogP contribution in [0.4, 0.5) is 0 Å². The first kappa shape index (κ1) is 20.4. The van der Waals surface area contributed by atoms with Crippen LogP contribution in [0.2, 0.25) is 0 Å². The summed E-state index contributed by atoms with van der Waals surface area (Å²) >= 11 is 1.79. The number of amides is 1. The van der Waals surface area contributed by atoms with Crippen molar-refractivity contribution in [2.45, 2.75) is 45.3 Å². The molecule has 0 N–H and O–H groups in total. The van der Waals surface area contributed by atoms with E-state index in [-0.39, 0.29) is 17.2 Å². The second-order valence-corrected chi connectivity index (χ2v) is 10.2. The number of carbonyl (C=O) groups is 1. The molecule has 2 saturated heterocycles. The molecule has 0 aromatic carbocycles. The molecular weight excluding hydrogens is 406 g/mol. The highest BCUT2D eigenvalue weighted by Crippen LogP contribution is 2.50.